The number of carboxylic acid groups (broad SMARTS) is 1. The highest BCUT2D eigenvalue weighted by molar-refractivity contribution is 5.87. The highest BCUT2D eigenvalue weighted by Gasteiger charge is 2.39. The number of aromatic nitrogens is 1. The van der Waals surface area contributed by atoms with Crippen molar-refractivity contribution in [3.63, 3.8) is 0 Å². The molecule has 1 rings (SSSR count). The van der Waals surface area contributed by atoms with Crippen molar-refractivity contribution in [3.05, 3.63) is 28.8 Å². The zero-order valence-corrected chi connectivity index (χ0v) is 7.73. The van der Waals surface area contributed by atoms with Crippen LogP contribution in [0.4, 0.5) is 26.3 Å². The summed E-state index contributed by atoms with van der Waals surface area (Å²) in [6, 6.07) is -0.0713. The lowest BCUT2D eigenvalue weighted by atomic mass is 10.1. The van der Waals surface area contributed by atoms with E-state index in [0.717, 1.165) is 0 Å². The first-order valence-corrected chi connectivity index (χ1v) is 3.93. The maximum atomic E-state index is 12.8. The molecule has 1 heterocycles. The van der Waals surface area contributed by atoms with Crippen LogP contribution in [0.2, 0.25) is 0 Å². The van der Waals surface area contributed by atoms with Crippen molar-refractivity contribution < 1.29 is 36.2 Å². The van der Waals surface area contributed by atoms with Gasteiger partial charge in [0.25, 0.3) is 6.43 Å². The van der Waals surface area contributed by atoms with Gasteiger partial charge in [0, 0.05) is 5.56 Å². The van der Waals surface area contributed by atoms with Gasteiger partial charge < -0.3 is 5.11 Å². The number of alkyl halides is 5. The fourth-order valence-electron chi connectivity index (χ4n) is 1.05. The maximum absolute atomic E-state index is 12.8. The lowest BCUT2D eigenvalue weighted by Gasteiger charge is -2.12. The topological polar surface area (TPSA) is 50.2 Å². The second-order valence-corrected chi connectivity index (χ2v) is 2.87. The monoisotopic (exact) mass is 259 g/mol. The first-order valence-electron chi connectivity index (χ1n) is 3.93. The van der Waals surface area contributed by atoms with Gasteiger partial charge in [0.15, 0.2) is 5.69 Å². The summed E-state index contributed by atoms with van der Waals surface area (Å²) >= 11 is 0. The van der Waals surface area contributed by atoms with Crippen LogP contribution in [0.25, 0.3) is 0 Å². The second kappa shape index (κ2) is 4.22. The smallest absolute Gasteiger partial charge is 0.433 e. The Bertz CT molecular complexity index is 456. The van der Waals surface area contributed by atoms with E-state index in [1.54, 1.807) is 0 Å². The van der Waals surface area contributed by atoms with Gasteiger partial charge in [-0.25, -0.2) is 18.6 Å². The third kappa shape index (κ3) is 2.66. The third-order valence-corrected chi connectivity index (χ3v) is 1.74. The maximum Gasteiger partial charge on any atom is 0.433 e. The molecule has 17 heavy (non-hydrogen) atoms. The predicted molar refractivity (Wildman–Crippen MR) is 41.1 cm³/mol. The minimum Gasteiger partial charge on any atom is -0.478 e. The molecule has 0 aliphatic rings. The Morgan fingerprint density at radius 2 is 1.88 bits per heavy atom. The molecule has 3 nitrogen and oxygen atoms in total. The van der Waals surface area contributed by atoms with Crippen LogP contribution in [-0.4, -0.2) is 16.1 Å². The van der Waals surface area contributed by atoms with Crippen molar-refractivity contribution in [2.24, 2.45) is 0 Å². The summed E-state index contributed by atoms with van der Waals surface area (Å²) in [5.41, 5.74) is -5.14. The van der Waals surface area contributed by atoms with Crippen molar-refractivity contribution in [2.45, 2.75) is 12.6 Å². The number of carbonyl (C=O) groups is 1. The Morgan fingerprint density at radius 3 is 2.24 bits per heavy atom. The Balaban J connectivity index is 3.53. The summed E-state index contributed by atoms with van der Waals surface area (Å²) in [7, 11) is 0. The molecule has 0 radical (unpaired) electrons. The summed E-state index contributed by atoms with van der Waals surface area (Å²) < 4.78 is 74.0. The van der Waals surface area contributed by atoms with E-state index in [-0.39, 0.29) is 6.07 Å². The molecule has 0 aliphatic carbocycles. The van der Waals surface area contributed by atoms with Crippen molar-refractivity contribution in [2.75, 3.05) is 0 Å². The molecule has 9 heteroatoms. The molecule has 0 aliphatic heterocycles. The average molecular weight is 259 g/mol. The Hall–Kier alpha value is -1.80. The van der Waals surface area contributed by atoms with Crippen LogP contribution in [-0.2, 0) is 6.18 Å². The molecule has 0 saturated heterocycles. The standard InChI is InChI=1S/C8H3F6NO2/c9-5(10)2-1-3(7(16)17)6(11)15-4(2)8(12,13)14/h1,5H,(H,16,17). The van der Waals surface area contributed by atoms with E-state index >= 15 is 0 Å². The summed E-state index contributed by atoms with van der Waals surface area (Å²) in [5.74, 6) is -3.94. The van der Waals surface area contributed by atoms with Crippen molar-refractivity contribution in [1.29, 1.82) is 0 Å². The first-order chi connectivity index (χ1) is 7.64. The molecule has 1 N–H and O–H groups in total. The van der Waals surface area contributed by atoms with Crippen LogP contribution in [0.1, 0.15) is 28.0 Å². The van der Waals surface area contributed by atoms with Crippen LogP contribution in [0.3, 0.4) is 0 Å². The molecule has 0 saturated carbocycles. The van der Waals surface area contributed by atoms with E-state index in [1.807, 2.05) is 0 Å². The fourth-order valence-corrected chi connectivity index (χ4v) is 1.05. The first kappa shape index (κ1) is 13.3. The van der Waals surface area contributed by atoms with Gasteiger partial charge in [0.2, 0.25) is 5.95 Å². The number of nitrogens with zero attached hydrogens (tertiary/aromatic N) is 1. The van der Waals surface area contributed by atoms with Crippen LogP contribution in [0.15, 0.2) is 6.07 Å². The lowest BCUT2D eigenvalue weighted by Crippen LogP contribution is -2.16. The third-order valence-electron chi connectivity index (χ3n) is 1.74. The zero-order valence-electron chi connectivity index (χ0n) is 7.73. The minimum absolute atomic E-state index is 0.0713. The molecule has 0 aromatic carbocycles. The zero-order chi connectivity index (χ0) is 13.4. The van der Waals surface area contributed by atoms with E-state index < -0.39 is 41.3 Å². The Labute approximate surface area is 89.7 Å². The van der Waals surface area contributed by atoms with Gasteiger partial charge in [0.1, 0.15) is 5.56 Å². The van der Waals surface area contributed by atoms with Gasteiger partial charge in [-0.3, -0.25) is 0 Å². The van der Waals surface area contributed by atoms with E-state index in [1.165, 1.54) is 0 Å². The molecular weight excluding hydrogens is 256 g/mol. The number of carboxylic acids is 1. The van der Waals surface area contributed by atoms with Crippen LogP contribution >= 0.6 is 0 Å². The van der Waals surface area contributed by atoms with Gasteiger partial charge in [-0.2, -0.15) is 17.6 Å². The number of aromatic carboxylic acids is 1. The molecular formula is C8H3F6NO2. The Kier molecular flexibility index (Phi) is 3.30. The van der Waals surface area contributed by atoms with Gasteiger partial charge in [-0.15, -0.1) is 0 Å². The highest BCUT2D eigenvalue weighted by Crippen LogP contribution is 2.35. The van der Waals surface area contributed by atoms with Crippen molar-refractivity contribution in [1.82, 2.24) is 4.98 Å². The molecule has 0 amide bonds. The molecule has 94 valence electrons. The number of halogens is 6. The minimum atomic E-state index is -5.29. The number of pyridine rings is 1. The van der Waals surface area contributed by atoms with Crippen LogP contribution in [0.5, 0.6) is 0 Å². The molecule has 0 spiro atoms. The number of hydrogen-bond acceptors (Lipinski definition) is 2. The average Bonchev–Trinajstić information content (AvgIpc) is 2.14. The number of rotatable bonds is 2. The van der Waals surface area contributed by atoms with Gasteiger partial charge in [-0.05, 0) is 6.07 Å². The van der Waals surface area contributed by atoms with E-state index in [9.17, 15) is 31.1 Å². The molecule has 0 atom stereocenters. The molecule has 0 unspecified atom stereocenters. The summed E-state index contributed by atoms with van der Waals surface area (Å²) in [6.07, 6.45) is -8.90. The fraction of sp³-hybridized carbons (Fsp3) is 0.250. The normalized spacial score (nSPS) is 11.9. The van der Waals surface area contributed by atoms with Crippen LogP contribution in [0, 0.1) is 5.95 Å². The second-order valence-electron chi connectivity index (χ2n) is 2.87. The quantitative estimate of drug-likeness (QED) is 0.656. The highest BCUT2D eigenvalue weighted by atomic mass is 19.4. The predicted octanol–water partition coefficient (Wildman–Crippen LogP) is 2.88. The number of hydrogen-bond donors (Lipinski definition) is 1. The van der Waals surface area contributed by atoms with Crippen LogP contribution < -0.4 is 0 Å². The summed E-state index contributed by atoms with van der Waals surface area (Å²) in [6.45, 7) is 0. The summed E-state index contributed by atoms with van der Waals surface area (Å²) in [5, 5.41) is 8.36. The lowest BCUT2D eigenvalue weighted by molar-refractivity contribution is -0.143. The van der Waals surface area contributed by atoms with E-state index in [0.29, 0.717) is 0 Å². The SMILES string of the molecule is O=C(O)c1cc(C(F)F)c(C(F)(F)F)nc1F. The molecule has 0 fully saturated rings. The van der Waals surface area contributed by atoms with E-state index in [2.05, 4.69) is 4.98 Å². The largest absolute Gasteiger partial charge is 0.478 e. The van der Waals surface area contributed by atoms with Gasteiger partial charge in [-0.1, -0.05) is 0 Å². The van der Waals surface area contributed by atoms with Crippen molar-refractivity contribution >= 4 is 5.97 Å². The molecule has 1 aromatic rings. The van der Waals surface area contributed by atoms with Gasteiger partial charge >= 0.3 is 12.1 Å². The van der Waals surface area contributed by atoms with Crippen molar-refractivity contribution in [3.8, 4) is 0 Å². The van der Waals surface area contributed by atoms with Gasteiger partial charge in [0.05, 0.1) is 0 Å². The molecule has 1 aromatic heterocycles. The summed E-state index contributed by atoms with van der Waals surface area (Å²) in [4.78, 5) is 12.6. The Morgan fingerprint density at radius 1 is 1.35 bits per heavy atom. The molecule has 0 bridgehead atoms. The van der Waals surface area contributed by atoms with E-state index in [4.69, 9.17) is 5.11 Å².